The minimum atomic E-state index is 0.434. The maximum absolute atomic E-state index is 5.02. The second-order valence-corrected chi connectivity index (χ2v) is 5.34. The Hall–Kier alpha value is -1.95. The third kappa shape index (κ3) is 2.80. The van der Waals surface area contributed by atoms with E-state index in [1.165, 1.54) is 11.3 Å². The molecule has 0 amide bonds. The SMILES string of the molecule is Cc1cccc(N2CCN(c3cn[nH]c(=S)n3)CC2)c1. The van der Waals surface area contributed by atoms with Gasteiger partial charge in [-0.1, -0.05) is 12.1 Å². The van der Waals surface area contributed by atoms with Crippen LogP contribution in [-0.2, 0) is 0 Å². The molecule has 3 rings (SSSR count). The van der Waals surface area contributed by atoms with Crippen LogP contribution in [0.3, 0.4) is 0 Å². The van der Waals surface area contributed by atoms with Crippen LogP contribution in [0.25, 0.3) is 0 Å². The molecule has 0 atom stereocenters. The molecule has 104 valence electrons. The molecule has 5 nitrogen and oxygen atoms in total. The summed E-state index contributed by atoms with van der Waals surface area (Å²) in [5.41, 5.74) is 2.59. The van der Waals surface area contributed by atoms with Gasteiger partial charge in [0.2, 0.25) is 4.77 Å². The number of hydrogen-bond donors (Lipinski definition) is 1. The molecule has 1 aliphatic rings. The first-order valence-electron chi connectivity index (χ1n) is 6.71. The Bertz CT molecular complexity index is 646. The van der Waals surface area contributed by atoms with E-state index >= 15 is 0 Å². The van der Waals surface area contributed by atoms with E-state index in [1.54, 1.807) is 6.20 Å². The van der Waals surface area contributed by atoms with Crippen molar-refractivity contribution >= 4 is 23.7 Å². The summed E-state index contributed by atoms with van der Waals surface area (Å²) >= 11 is 5.02. The highest BCUT2D eigenvalue weighted by molar-refractivity contribution is 7.71. The molecule has 0 bridgehead atoms. The highest BCUT2D eigenvalue weighted by Gasteiger charge is 2.18. The summed E-state index contributed by atoms with van der Waals surface area (Å²) in [4.78, 5) is 8.94. The molecule has 1 aromatic carbocycles. The van der Waals surface area contributed by atoms with Crippen molar-refractivity contribution in [2.24, 2.45) is 0 Å². The van der Waals surface area contributed by atoms with E-state index in [-0.39, 0.29) is 0 Å². The highest BCUT2D eigenvalue weighted by atomic mass is 32.1. The number of nitrogens with zero attached hydrogens (tertiary/aromatic N) is 4. The molecule has 2 heterocycles. The summed E-state index contributed by atoms with van der Waals surface area (Å²) < 4.78 is 0.434. The molecule has 0 saturated carbocycles. The molecular weight excluding hydrogens is 270 g/mol. The molecule has 1 fully saturated rings. The second kappa shape index (κ2) is 5.58. The van der Waals surface area contributed by atoms with Crippen molar-refractivity contribution < 1.29 is 0 Å². The lowest BCUT2D eigenvalue weighted by Crippen LogP contribution is -2.46. The van der Waals surface area contributed by atoms with Crippen LogP contribution in [0, 0.1) is 11.7 Å². The predicted octanol–water partition coefficient (Wildman–Crippen LogP) is 2.17. The lowest BCUT2D eigenvalue weighted by atomic mass is 10.2. The Morgan fingerprint density at radius 1 is 1.15 bits per heavy atom. The smallest absolute Gasteiger partial charge is 0.215 e. The Balaban J connectivity index is 1.69. The molecule has 2 aromatic rings. The van der Waals surface area contributed by atoms with E-state index in [0.29, 0.717) is 4.77 Å². The zero-order valence-corrected chi connectivity index (χ0v) is 12.2. The average Bonchev–Trinajstić information content (AvgIpc) is 2.47. The molecular formula is C14H17N5S. The minimum Gasteiger partial charge on any atom is -0.368 e. The van der Waals surface area contributed by atoms with Crippen molar-refractivity contribution in [2.75, 3.05) is 36.0 Å². The van der Waals surface area contributed by atoms with Crippen molar-refractivity contribution in [3.8, 4) is 0 Å². The van der Waals surface area contributed by atoms with Crippen LogP contribution in [0.1, 0.15) is 5.56 Å². The Kier molecular flexibility index (Phi) is 3.64. The molecule has 0 spiro atoms. The van der Waals surface area contributed by atoms with E-state index < -0.39 is 0 Å². The maximum atomic E-state index is 5.02. The standard InChI is InChI=1S/C14H17N5S/c1-11-3-2-4-12(9-11)18-5-7-19(8-6-18)13-10-15-17-14(20)16-13/h2-4,9-10H,5-8H2,1H3,(H,16,17,20). The van der Waals surface area contributed by atoms with Gasteiger partial charge in [0.05, 0.1) is 6.20 Å². The van der Waals surface area contributed by atoms with Gasteiger partial charge in [-0.2, -0.15) is 10.1 Å². The second-order valence-electron chi connectivity index (χ2n) is 4.96. The number of hydrogen-bond acceptors (Lipinski definition) is 5. The largest absolute Gasteiger partial charge is 0.368 e. The Morgan fingerprint density at radius 2 is 1.90 bits per heavy atom. The van der Waals surface area contributed by atoms with Gasteiger partial charge in [-0.25, -0.2) is 0 Å². The molecule has 1 N–H and O–H groups in total. The van der Waals surface area contributed by atoms with Crippen LogP contribution >= 0.6 is 12.2 Å². The third-order valence-electron chi connectivity index (χ3n) is 3.53. The van der Waals surface area contributed by atoms with Crippen LogP contribution < -0.4 is 9.80 Å². The van der Waals surface area contributed by atoms with E-state index in [1.807, 2.05) is 0 Å². The topological polar surface area (TPSA) is 48.0 Å². The number of aromatic nitrogens is 3. The number of anilines is 2. The van der Waals surface area contributed by atoms with E-state index in [2.05, 4.69) is 56.2 Å². The first-order valence-corrected chi connectivity index (χ1v) is 7.11. The highest BCUT2D eigenvalue weighted by Crippen LogP contribution is 2.19. The van der Waals surface area contributed by atoms with Crippen molar-refractivity contribution in [1.82, 2.24) is 15.2 Å². The van der Waals surface area contributed by atoms with Crippen LogP contribution in [0.15, 0.2) is 30.5 Å². The summed E-state index contributed by atoms with van der Waals surface area (Å²) in [7, 11) is 0. The van der Waals surface area contributed by atoms with Crippen LogP contribution in [0.5, 0.6) is 0 Å². The number of benzene rings is 1. The fourth-order valence-corrected chi connectivity index (χ4v) is 2.62. The van der Waals surface area contributed by atoms with Gasteiger partial charge in [-0.15, -0.1) is 0 Å². The number of aryl methyl sites for hydroxylation is 1. The van der Waals surface area contributed by atoms with Crippen LogP contribution in [0.4, 0.5) is 11.5 Å². The molecule has 0 aliphatic carbocycles. The normalized spacial score (nSPS) is 15.4. The number of rotatable bonds is 2. The molecule has 20 heavy (non-hydrogen) atoms. The summed E-state index contributed by atoms with van der Waals surface area (Å²) in [6, 6.07) is 8.63. The van der Waals surface area contributed by atoms with Gasteiger partial charge in [0, 0.05) is 31.9 Å². The number of aromatic amines is 1. The van der Waals surface area contributed by atoms with E-state index in [9.17, 15) is 0 Å². The molecule has 1 saturated heterocycles. The van der Waals surface area contributed by atoms with Crippen molar-refractivity contribution in [1.29, 1.82) is 0 Å². The van der Waals surface area contributed by atoms with Gasteiger partial charge >= 0.3 is 0 Å². The fraction of sp³-hybridized carbons (Fsp3) is 0.357. The molecule has 0 unspecified atom stereocenters. The van der Waals surface area contributed by atoms with Gasteiger partial charge in [-0.05, 0) is 36.8 Å². The zero-order chi connectivity index (χ0) is 13.9. The van der Waals surface area contributed by atoms with Gasteiger partial charge in [0.15, 0.2) is 5.82 Å². The third-order valence-corrected chi connectivity index (χ3v) is 3.71. The van der Waals surface area contributed by atoms with Crippen LogP contribution in [0.2, 0.25) is 0 Å². The summed E-state index contributed by atoms with van der Waals surface area (Å²) in [6.07, 6.45) is 1.73. The summed E-state index contributed by atoms with van der Waals surface area (Å²) in [6.45, 7) is 5.96. The van der Waals surface area contributed by atoms with Gasteiger partial charge in [0.25, 0.3) is 0 Å². The lowest BCUT2D eigenvalue weighted by Gasteiger charge is -2.36. The van der Waals surface area contributed by atoms with Gasteiger partial charge in [0.1, 0.15) is 0 Å². The van der Waals surface area contributed by atoms with Gasteiger partial charge < -0.3 is 9.80 Å². The van der Waals surface area contributed by atoms with Crippen molar-refractivity contribution in [3.05, 3.63) is 40.8 Å². The predicted molar refractivity (Wildman–Crippen MR) is 82.8 cm³/mol. The number of piperazine rings is 1. The lowest BCUT2D eigenvalue weighted by molar-refractivity contribution is 0.643. The Labute approximate surface area is 123 Å². The number of H-pyrrole nitrogens is 1. The zero-order valence-electron chi connectivity index (χ0n) is 11.4. The first kappa shape index (κ1) is 13.1. The van der Waals surface area contributed by atoms with Crippen molar-refractivity contribution in [2.45, 2.75) is 6.92 Å². The number of nitrogens with one attached hydrogen (secondary N) is 1. The van der Waals surface area contributed by atoms with Crippen molar-refractivity contribution in [3.63, 3.8) is 0 Å². The molecule has 6 heteroatoms. The molecule has 1 aromatic heterocycles. The maximum Gasteiger partial charge on any atom is 0.215 e. The fourth-order valence-electron chi connectivity index (χ4n) is 2.47. The van der Waals surface area contributed by atoms with E-state index in [0.717, 1.165) is 32.0 Å². The average molecular weight is 287 g/mol. The summed E-state index contributed by atoms with van der Waals surface area (Å²) in [5, 5.41) is 6.67. The van der Waals surface area contributed by atoms with Crippen LogP contribution in [-0.4, -0.2) is 41.4 Å². The monoisotopic (exact) mass is 287 g/mol. The first-order chi connectivity index (χ1) is 9.72. The van der Waals surface area contributed by atoms with Gasteiger partial charge in [-0.3, -0.25) is 5.10 Å². The quantitative estimate of drug-likeness (QED) is 0.858. The summed E-state index contributed by atoms with van der Waals surface area (Å²) in [5.74, 6) is 0.859. The molecule has 0 radical (unpaired) electrons. The Morgan fingerprint density at radius 3 is 2.60 bits per heavy atom. The minimum absolute atomic E-state index is 0.434. The van der Waals surface area contributed by atoms with E-state index in [4.69, 9.17) is 12.2 Å². The molecule has 1 aliphatic heterocycles.